The van der Waals surface area contributed by atoms with Gasteiger partial charge in [-0.1, -0.05) is 29.8 Å². The lowest BCUT2D eigenvalue weighted by Crippen LogP contribution is -2.36. The molecule has 3 aromatic rings. The topological polar surface area (TPSA) is 53.5 Å². The van der Waals surface area contributed by atoms with E-state index in [2.05, 4.69) is 35.3 Å². The monoisotopic (exact) mass is 471 g/mol. The molecular weight excluding hydrogens is 442 g/mol. The first-order chi connectivity index (χ1) is 15.6. The smallest absolute Gasteiger partial charge is 0.146 e. The number of halogens is 1. The van der Waals surface area contributed by atoms with Gasteiger partial charge in [-0.15, -0.1) is 11.3 Å². The summed E-state index contributed by atoms with van der Waals surface area (Å²) in [5, 5.41) is 5.72. The summed E-state index contributed by atoms with van der Waals surface area (Å²) < 4.78 is 5.50. The van der Waals surface area contributed by atoms with Gasteiger partial charge in [-0.2, -0.15) is 0 Å². The van der Waals surface area contributed by atoms with Crippen molar-refractivity contribution in [2.45, 2.75) is 31.8 Å². The number of hydrogen-bond donors (Lipinski definition) is 1. The Labute approximate surface area is 198 Å². The van der Waals surface area contributed by atoms with E-state index >= 15 is 0 Å². The zero-order valence-corrected chi connectivity index (χ0v) is 20.3. The third kappa shape index (κ3) is 4.50. The second-order valence-corrected chi connectivity index (χ2v) is 10.3. The fourth-order valence-electron chi connectivity index (χ4n) is 4.71. The van der Waals surface area contributed by atoms with Crippen LogP contribution >= 0.6 is 22.9 Å². The van der Waals surface area contributed by atoms with Crippen molar-refractivity contribution in [1.29, 1.82) is 0 Å². The quantitative estimate of drug-likeness (QED) is 0.552. The summed E-state index contributed by atoms with van der Waals surface area (Å²) in [5.41, 5.74) is 2.57. The van der Waals surface area contributed by atoms with Gasteiger partial charge in [0.15, 0.2) is 0 Å². The van der Waals surface area contributed by atoms with Crippen LogP contribution in [-0.4, -0.2) is 66.7 Å². The van der Waals surface area contributed by atoms with E-state index in [9.17, 15) is 0 Å². The molecule has 0 bridgehead atoms. The van der Waals surface area contributed by atoms with E-state index in [0.717, 1.165) is 79.3 Å². The maximum atomic E-state index is 6.54. The van der Waals surface area contributed by atoms with Gasteiger partial charge in [-0.3, -0.25) is 4.90 Å². The van der Waals surface area contributed by atoms with Crippen LogP contribution in [0.1, 0.15) is 34.3 Å². The first-order valence-electron chi connectivity index (χ1n) is 11.4. The van der Waals surface area contributed by atoms with Crippen molar-refractivity contribution in [2.24, 2.45) is 0 Å². The van der Waals surface area contributed by atoms with Crippen LogP contribution in [0.5, 0.6) is 0 Å². The fraction of sp³-hybridized carbons (Fsp3) is 0.500. The predicted molar refractivity (Wildman–Crippen MR) is 132 cm³/mol. The largest absolute Gasteiger partial charge is 0.379 e. The van der Waals surface area contributed by atoms with Crippen molar-refractivity contribution < 1.29 is 4.74 Å². The number of aryl methyl sites for hydroxylation is 2. The van der Waals surface area contributed by atoms with Gasteiger partial charge in [0.1, 0.15) is 16.5 Å². The first kappa shape index (κ1) is 22.0. The average molecular weight is 472 g/mol. The molecule has 3 heterocycles. The minimum atomic E-state index is 0.142. The Morgan fingerprint density at radius 2 is 2.00 bits per heavy atom. The fourth-order valence-corrected chi connectivity index (χ4v) is 6.25. The first-order valence-corrected chi connectivity index (χ1v) is 12.6. The third-order valence-corrected chi connectivity index (χ3v) is 7.96. The third-order valence-electron chi connectivity index (χ3n) is 6.43. The summed E-state index contributed by atoms with van der Waals surface area (Å²) in [6, 6.07) is 8.24. The van der Waals surface area contributed by atoms with E-state index in [0.29, 0.717) is 0 Å². The maximum absolute atomic E-state index is 6.54. The van der Waals surface area contributed by atoms with Crippen LogP contribution < -0.4 is 5.32 Å². The Morgan fingerprint density at radius 1 is 1.19 bits per heavy atom. The Hall–Kier alpha value is -1.77. The normalized spacial score (nSPS) is 17.8. The van der Waals surface area contributed by atoms with Crippen LogP contribution in [0.4, 0.5) is 5.82 Å². The molecule has 32 heavy (non-hydrogen) atoms. The zero-order chi connectivity index (χ0) is 22.1. The molecule has 0 radical (unpaired) electrons. The zero-order valence-electron chi connectivity index (χ0n) is 18.7. The molecule has 2 aliphatic rings. The van der Waals surface area contributed by atoms with E-state index < -0.39 is 0 Å². The number of thiophene rings is 1. The Morgan fingerprint density at radius 3 is 2.78 bits per heavy atom. The second kappa shape index (κ2) is 9.61. The molecule has 6 nitrogen and oxygen atoms in total. The molecule has 0 unspecified atom stereocenters. The highest BCUT2D eigenvalue weighted by Gasteiger charge is 2.24. The van der Waals surface area contributed by atoms with E-state index in [-0.39, 0.29) is 6.04 Å². The minimum Gasteiger partial charge on any atom is -0.379 e. The van der Waals surface area contributed by atoms with Crippen molar-refractivity contribution in [3.8, 4) is 0 Å². The minimum absolute atomic E-state index is 0.142. The van der Waals surface area contributed by atoms with Crippen LogP contribution in [-0.2, 0) is 24.1 Å². The van der Waals surface area contributed by atoms with E-state index in [1.54, 1.807) is 0 Å². The summed E-state index contributed by atoms with van der Waals surface area (Å²) in [4.78, 5) is 17.2. The number of aromatic nitrogens is 2. The number of anilines is 1. The average Bonchev–Trinajstić information content (AvgIpc) is 3.36. The second-order valence-electron chi connectivity index (χ2n) is 8.80. The highest BCUT2D eigenvalue weighted by Crippen LogP contribution is 2.40. The van der Waals surface area contributed by atoms with Crippen molar-refractivity contribution >= 4 is 39.0 Å². The van der Waals surface area contributed by atoms with Gasteiger partial charge in [0.2, 0.25) is 0 Å². The molecular formula is C24H30ClN5OS. The van der Waals surface area contributed by atoms with Crippen molar-refractivity contribution in [3.05, 3.63) is 51.1 Å². The van der Waals surface area contributed by atoms with Crippen molar-refractivity contribution in [2.75, 3.05) is 52.3 Å². The highest BCUT2D eigenvalue weighted by atomic mass is 35.5. The van der Waals surface area contributed by atoms with E-state index in [1.807, 2.05) is 29.5 Å². The van der Waals surface area contributed by atoms with Crippen molar-refractivity contribution in [3.63, 3.8) is 0 Å². The number of nitrogens with one attached hydrogen (secondary N) is 1. The molecule has 0 saturated carbocycles. The molecule has 5 rings (SSSR count). The van der Waals surface area contributed by atoms with E-state index in [1.165, 1.54) is 22.2 Å². The van der Waals surface area contributed by atoms with Crippen LogP contribution in [0.25, 0.3) is 10.2 Å². The summed E-state index contributed by atoms with van der Waals surface area (Å²) in [6.45, 7) is 4.91. The number of ether oxygens (including phenoxy) is 1. The molecule has 0 amide bonds. The molecule has 1 aliphatic heterocycles. The Balaban J connectivity index is 1.46. The van der Waals surface area contributed by atoms with Crippen LogP contribution in [0, 0.1) is 0 Å². The molecule has 1 saturated heterocycles. The molecule has 2 aromatic heterocycles. The van der Waals surface area contributed by atoms with Gasteiger partial charge in [-0.25, -0.2) is 9.97 Å². The molecule has 1 N–H and O–H groups in total. The maximum Gasteiger partial charge on any atom is 0.146 e. The molecule has 0 spiro atoms. The van der Waals surface area contributed by atoms with Gasteiger partial charge in [-0.05, 0) is 50.6 Å². The van der Waals surface area contributed by atoms with Gasteiger partial charge < -0.3 is 15.0 Å². The van der Waals surface area contributed by atoms with Gasteiger partial charge in [0.05, 0.1) is 31.2 Å². The molecule has 170 valence electrons. The molecule has 1 aromatic carbocycles. The predicted octanol–water partition coefficient (Wildman–Crippen LogP) is 4.38. The van der Waals surface area contributed by atoms with Gasteiger partial charge in [0, 0.05) is 29.5 Å². The molecule has 1 atom stereocenters. The lowest BCUT2D eigenvalue weighted by Gasteiger charge is -2.27. The lowest BCUT2D eigenvalue weighted by molar-refractivity contribution is 0.0331. The molecule has 8 heteroatoms. The van der Waals surface area contributed by atoms with Crippen LogP contribution in [0.3, 0.4) is 0 Å². The summed E-state index contributed by atoms with van der Waals surface area (Å²) in [6.07, 6.45) is 3.51. The number of benzene rings is 1. The standard InChI is InChI=1S/C24H30ClN5OS/c1-29(2)19(16-6-3-4-8-18(16)25)14-26-23-22-17-7-5-9-20(17)32-24(22)28-21(27-23)15-30-10-12-31-13-11-30/h3-4,6,8,19H,5,7,9-15H2,1-2H3,(H,26,27,28)/t19-/m0/s1. The number of fused-ring (bicyclic) bond motifs is 3. The SMILES string of the molecule is CN(C)[C@@H](CNc1nc(CN2CCOCC2)nc2sc3c(c12)CCC3)c1ccccc1Cl. The number of nitrogens with zero attached hydrogens (tertiary/aromatic N) is 4. The summed E-state index contributed by atoms with van der Waals surface area (Å²) in [5.74, 6) is 1.86. The van der Waals surface area contributed by atoms with E-state index in [4.69, 9.17) is 26.3 Å². The lowest BCUT2D eigenvalue weighted by atomic mass is 10.1. The van der Waals surface area contributed by atoms with Crippen LogP contribution in [0.15, 0.2) is 24.3 Å². The highest BCUT2D eigenvalue weighted by molar-refractivity contribution is 7.19. The molecule has 1 fully saturated rings. The summed E-state index contributed by atoms with van der Waals surface area (Å²) >= 11 is 8.39. The van der Waals surface area contributed by atoms with Crippen molar-refractivity contribution in [1.82, 2.24) is 19.8 Å². The van der Waals surface area contributed by atoms with Gasteiger partial charge >= 0.3 is 0 Å². The number of rotatable bonds is 7. The number of likely N-dealkylation sites (N-methyl/N-ethyl adjacent to an activating group) is 1. The Kier molecular flexibility index (Phi) is 6.62. The summed E-state index contributed by atoms with van der Waals surface area (Å²) in [7, 11) is 4.19. The Bertz CT molecular complexity index is 1100. The van der Waals surface area contributed by atoms with Gasteiger partial charge in [0.25, 0.3) is 0 Å². The van der Waals surface area contributed by atoms with Crippen LogP contribution in [0.2, 0.25) is 5.02 Å². The molecule has 1 aliphatic carbocycles. The number of hydrogen-bond acceptors (Lipinski definition) is 7. The number of morpholine rings is 1.